The highest BCUT2D eigenvalue weighted by Gasteiger charge is 2.10. The van der Waals surface area contributed by atoms with E-state index in [9.17, 15) is 0 Å². The largest absolute Gasteiger partial charge is 0.320 e. The van der Waals surface area contributed by atoms with Crippen LogP contribution in [0.2, 0.25) is 15.1 Å². The molecule has 0 spiro atoms. The van der Waals surface area contributed by atoms with Gasteiger partial charge in [-0.15, -0.1) is 0 Å². The zero-order valence-electron chi connectivity index (χ0n) is 8.83. The number of halogens is 3. The molecule has 1 atom stereocenters. The molecule has 4 heteroatoms. The number of hydrogen-bond acceptors (Lipinski definition) is 1. The summed E-state index contributed by atoms with van der Waals surface area (Å²) >= 11 is 17.7. The summed E-state index contributed by atoms with van der Waals surface area (Å²) in [6.45, 7) is 0. The molecule has 2 aromatic carbocycles. The predicted octanol–water partition coefficient (Wildman–Crippen LogP) is 4.69. The van der Waals surface area contributed by atoms with Crippen LogP contribution in [-0.4, -0.2) is 0 Å². The summed E-state index contributed by atoms with van der Waals surface area (Å²) in [6, 6.07) is 12.6. The Morgan fingerprint density at radius 3 is 1.94 bits per heavy atom. The molecule has 0 bridgehead atoms. The number of hydrogen-bond donors (Lipinski definition) is 1. The van der Waals surface area contributed by atoms with E-state index < -0.39 is 0 Å². The summed E-state index contributed by atoms with van der Waals surface area (Å²) < 4.78 is 0. The maximum atomic E-state index is 6.14. The first-order valence-corrected chi connectivity index (χ1v) is 6.17. The molecule has 2 aromatic rings. The molecule has 2 rings (SSSR count). The summed E-state index contributed by atoms with van der Waals surface area (Å²) in [5.74, 6) is 0. The van der Waals surface area contributed by atoms with Gasteiger partial charge in [0, 0.05) is 5.02 Å². The lowest BCUT2D eigenvalue weighted by atomic mass is 10.00. The molecule has 0 saturated carbocycles. The quantitative estimate of drug-likeness (QED) is 0.851. The lowest BCUT2D eigenvalue weighted by Gasteiger charge is -2.13. The van der Waals surface area contributed by atoms with Gasteiger partial charge in [-0.2, -0.15) is 0 Å². The summed E-state index contributed by atoms with van der Waals surface area (Å²) in [6.07, 6.45) is 0. The first kappa shape index (κ1) is 12.7. The molecule has 0 amide bonds. The predicted molar refractivity (Wildman–Crippen MR) is 73.9 cm³/mol. The van der Waals surface area contributed by atoms with Gasteiger partial charge in [0.2, 0.25) is 0 Å². The van der Waals surface area contributed by atoms with E-state index in [-0.39, 0.29) is 6.04 Å². The van der Waals surface area contributed by atoms with Crippen molar-refractivity contribution in [2.75, 3.05) is 0 Å². The number of nitrogens with two attached hydrogens (primary N) is 1. The van der Waals surface area contributed by atoms with Gasteiger partial charge in [-0.1, -0.05) is 53.0 Å². The maximum absolute atomic E-state index is 6.14. The third kappa shape index (κ3) is 2.93. The Bertz CT molecular complexity index is 523. The van der Waals surface area contributed by atoms with Crippen molar-refractivity contribution < 1.29 is 0 Å². The van der Waals surface area contributed by atoms with Gasteiger partial charge in [0.15, 0.2) is 0 Å². The van der Waals surface area contributed by atoms with Crippen molar-refractivity contribution in [3.8, 4) is 0 Å². The average molecular weight is 287 g/mol. The van der Waals surface area contributed by atoms with Crippen LogP contribution < -0.4 is 5.73 Å². The highest BCUT2D eigenvalue weighted by atomic mass is 35.5. The fourth-order valence-corrected chi connectivity index (χ4v) is 2.00. The minimum absolute atomic E-state index is 0.234. The lowest BCUT2D eigenvalue weighted by Crippen LogP contribution is -2.11. The average Bonchev–Trinajstić information content (AvgIpc) is 2.33. The first-order chi connectivity index (χ1) is 8.08. The van der Waals surface area contributed by atoms with Crippen molar-refractivity contribution in [1.82, 2.24) is 0 Å². The van der Waals surface area contributed by atoms with Crippen molar-refractivity contribution in [3.05, 3.63) is 68.7 Å². The van der Waals surface area contributed by atoms with Gasteiger partial charge in [0.25, 0.3) is 0 Å². The van der Waals surface area contributed by atoms with Crippen LogP contribution in [0.15, 0.2) is 42.5 Å². The zero-order valence-corrected chi connectivity index (χ0v) is 11.1. The van der Waals surface area contributed by atoms with Crippen molar-refractivity contribution in [3.63, 3.8) is 0 Å². The van der Waals surface area contributed by atoms with Gasteiger partial charge >= 0.3 is 0 Å². The van der Waals surface area contributed by atoms with Crippen LogP contribution in [0.4, 0.5) is 0 Å². The molecule has 0 saturated heterocycles. The van der Waals surface area contributed by atoms with Crippen LogP contribution in [0.5, 0.6) is 0 Å². The van der Waals surface area contributed by atoms with Crippen LogP contribution in [-0.2, 0) is 0 Å². The van der Waals surface area contributed by atoms with Crippen molar-refractivity contribution >= 4 is 34.8 Å². The Morgan fingerprint density at radius 2 is 1.35 bits per heavy atom. The van der Waals surface area contributed by atoms with Crippen molar-refractivity contribution in [2.24, 2.45) is 5.73 Å². The summed E-state index contributed by atoms with van der Waals surface area (Å²) in [5, 5.41) is 1.72. The Hall–Kier alpha value is -0.730. The second-order valence-corrected chi connectivity index (χ2v) is 4.95. The topological polar surface area (TPSA) is 26.0 Å². The van der Waals surface area contributed by atoms with Gasteiger partial charge < -0.3 is 5.73 Å². The molecule has 1 nitrogen and oxygen atoms in total. The number of benzene rings is 2. The Kier molecular flexibility index (Phi) is 3.95. The summed E-state index contributed by atoms with van der Waals surface area (Å²) in [7, 11) is 0. The van der Waals surface area contributed by atoms with Gasteiger partial charge in [-0.25, -0.2) is 0 Å². The van der Waals surface area contributed by atoms with Crippen LogP contribution >= 0.6 is 34.8 Å². The zero-order chi connectivity index (χ0) is 12.4. The van der Waals surface area contributed by atoms with Gasteiger partial charge in [-0.3, -0.25) is 0 Å². The Labute approximate surface area is 115 Å². The van der Waals surface area contributed by atoms with Crippen molar-refractivity contribution in [1.29, 1.82) is 0 Å². The highest BCUT2D eigenvalue weighted by molar-refractivity contribution is 6.42. The van der Waals surface area contributed by atoms with E-state index in [1.807, 2.05) is 30.3 Å². The molecule has 0 aliphatic rings. The molecular formula is C13H10Cl3N. The fraction of sp³-hybridized carbons (Fsp3) is 0.0769. The third-order valence-corrected chi connectivity index (χ3v) is 3.52. The number of rotatable bonds is 2. The van der Waals surface area contributed by atoms with Gasteiger partial charge in [0.1, 0.15) is 0 Å². The lowest BCUT2D eigenvalue weighted by molar-refractivity contribution is 0.872. The van der Waals surface area contributed by atoms with Crippen LogP contribution in [0, 0.1) is 0 Å². The molecule has 0 fully saturated rings. The monoisotopic (exact) mass is 285 g/mol. The van der Waals surface area contributed by atoms with E-state index in [2.05, 4.69) is 0 Å². The van der Waals surface area contributed by atoms with E-state index in [1.165, 1.54) is 0 Å². The second-order valence-electron chi connectivity index (χ2n) is 3.70. The fourth-order valence-electron chi connectivity index (χ4n) is 1.57. The van der Waals surface area contributed by atoms with Crippen LogP contribution in [0.25, 0.3) is 0 Å². The molecule has 1 unspecified atom stereocenters. The molecule has 0 aromatic heterocycles. The smallest absolute Gasteiger partial charge is 0.0595 e. The minimum Gasteiger partial charge on any atom is -0.320 e. The molecule has 0 aliphatic carbocycles. The molecule has 0 heterocycles. The Balaban J connectivity index is 2.33. The van der Waals surface area contributed by atoms with E-state index in [4.69, 9.17) is 40.5 Å². The van der Waals surface area contributed by atoms with E-state index >= 15 is 0 Å². The molecule has 0 aliphatic heterocycles. The van der Waals surface area contributed by atoms with Crippen LogP contribution in [0.3, 0.4) is 0 Å². The highest BCUT2D eigenvalue weighted by Crippen LogP contribution is 2.28. The second kappa shape index (κ2) is 5.28. The first-order valence-electron chi connectivity index (χ1n) is 5.04. The summed E-state index contributed by atoms with van der Waals surface area (Å²) in [4.78, 5) is 0. The molecular weight excluding hydrogens is 277 g/mol. The Morgan fingerprint density at radius 1 is 0.765 bits per heavy atom. The molecule has 0 radical (unpaired) electrons. The van der Waals surface area contributed by atoms with Crippen LogP contribution in [0.1, 0.15) is 17.2 Å². The molecule has 17 heavy (non-hydrogen) atoms. The molecule has 2 N–H and O–H groups in total. The normalized spacial score (nSPS) is 12.5. The van der Waals surface area contributed by atoms with Crippen molar-refractivity contribution in [2.45, 2.75) is 6.04 Å². The third-order valence-electron chi connectivity index (χ3n) is 2.53. The molecule has 88 valence electrons. The van der Waals surface area contributed by atoms with Gasteiger partial charge in [-0.05, 0) is 35.4 Å². The van der Waals surface area contributed by atoms with E-state index in [0.717, 1.165) is 11.1 Å². The van der Waals surface area contributed by atoms with E-state index in [0.29, 0.717) is 15.1 Å². The van der Waals surface area contributed by atoms with E-state index in [1.54, 1.807) is 12.1 Å². The summed E-state index contributed by atoms with van der Waals surface area (Å²) in [5.41, 5.74) is 8.04. The standard InChI is InChI=1S/C13H10Cl3N/c14-10-4-1-8(2-5-10)13(17)9-3-6-11(15)12(16)7-9/h1-7,13H,17H2. The minimum atomic E-state index is -0.234. The SMILES string of the molecule is NC(c1ccc(Cl)cc1)c1ccc(Cl)c(Cl)c1. The van der Waals surface area contributed by atoms with Gasteiger partial charge in [0.05, 0.1) is 16.1 Å². The maximum Gasteiger partial charge on any atom is 0.0595 e.